The first-order chi connectivity index (χ1) is 17.1. The quantitative estimate of drug-likeness (QED) is 0.214. The Morgan fingerprint density at radius 1 is 1.06 bits per heavy atom. The SMILES string of the molecule is O=C1C(Cc2ccc(Cl)cc2)SC(=NN=Cc2ccc(-c3ccccc3F)o2)N1Cc1ccco1. The van der Waals surface area contributed by atoms with Crippen molar-refractivity contribution < 1.29 is 18.0 Å². The molecule has 1 saturated heterocycles. The van der Waals surface area contributed by atoms with Crippen LogP contribution in [0.4, 0.5) is 4.39 Å². The third-order valence-electron chi connectivity index (χ3n) is 5.34. The number of furan rings is 2. The maximum atomic E-state index is 14.0. The van der Waals surface area contributed by atoms with Gasteiger partial charge in [-0.25, -0.2) is 4.39 Å². The summed E-state index contributed by atoms with van der Waals surface area (Å²) in [6, 6.07) is 20.7. The number of rotatable bonds is 7. The highest BCUT2D eigenvalue weighted by atomic mass is 35.5. The van der Waals surface area contributed by atoms with Gasteiger partial charge in [0, 0.05) is 5.02 Å². The van der Waals surface area contributed by atoms with E-state index in [0.717, 1.165) is 5.56 Å². The molecule has 2 aromatic carbocycles. The van der Waals surface area contributed by atoms with Crippen molar-refractivity contribution in [1.29, 1.82) is 0 Å². The van der Waals surface area contributed by atoms with E-state index in [-0.39, 0.29) is 23.5 Å². The lowest BCUT2D eigenvalue weighted by atomic mass is 10.1. The van der Waals surface area contributed by atoms with E-state index in [1.807, 2.05) is 12.1 Å². The van der Waals surface area contributed by atoms with E-state index in [0.29, 0.717) is 39.5 Å². The molecule has 176 valence electrons. The second kappa shape index (κ2) is 10.3. The Kier molecular flexibility index (Phi) is 6.83. The van der Waals surface area contributed by atoms with Gasteiger partial charge in [0.05, 0.1) is 29.8 Å². The van der Waals surface area contributed by atoms with E-state index in [4.69, 9.17) is 20.4 Å². The molecule has 0 bridgehead atoms. The summed E-state index contributed by atoms with van der Waals surface area (Å²) in [4.78, 5) is 14.8. The smallest absolute Gasteiger partial charge is 0.242 e. The van der Waals surface area contributed by atoms with Crippen LogP contribution < -0.4 is 0 Å². The molecule has 1 amide bonds. The third kappa shape index (κ3) is 5.39. The molecular formula is C26H19ClFN3O3S. The zero-order chi connectivity index (χ0) is 24.2. The van der Waals surface area contributed by atoms with Crippen LogP contribution in [-0.4, -0.2) is 27.4 Å². The van der Waals surface area contributed by atoms with Gasteiger partial charge >= 0.3 is 0 Å². The van der Waals surface area contributed by atoms with Gasteiger partial charge in [0.25, 0.3) is 0 Å². The standard InChI is InChI=1S/C26H19ClFN3O3S/c27-18-9-7-17(8-10-18)14-24-25(32)31(16-20-4-3-13-33-20)26(35-24)30-29-15-19-11-12-23(34-19)21-5-1-2-6-22(21)28/h1-13,15,24H,14,16H2. The van der Waals surface area contributed by atoms with Gasteiger partial charge in [0.15, 0.2) is 5.17 Å². The van der Waals surface area contributed by atoms with Crippen molar-refractivity contribution in [3.8, 4) is 11.3 Å². The summed E-state index contributed by atoms with van der Waals surface area (Å²) in [6.07, 6.45) is 3.52. The number of hydrogen-bond acceptors (Lipinski definition) is 6. The van der Waals surface area contributed by atoms with Crippen LogP contribution in [-0.2, 0) is 17.8 Å². The maximum absolute atomic E-state index is 14.0. The van der Waals surface area contributed by atoms with Crippen molar-refractivity contribution in [1.82, 2.24) is 4.90 Å². The Morgan fingerprint density at radius 2 is 1.89 bits per heavy atom. The van der Waals surface area contributed by atoms with E-state index in [1.54, 1.807) is 65.8 Å². The van der Waals surface area contributed by atoms with Gasteiger partial charge < -0.3 is 8.83 Å². The Balaban J connectivity index is 1.35. The fourth-order valence-corrected chi connectivity index (χ4v) is 4.88. The number of carbonyl (C=O) groups excluding carboxylic acids is 1. The lowest BCUT2D eigenvalue weighted by Gasteiger charge is -2.14. The number of halogens is 2. The van der Waals surface area contributed by atoms with Crippen LogP contribution in [0.3, 0.4) is 0 Å². The fraction of sp³-hybridized carbons (Fsp3) is 0.115. The van der Waals surface area contributed by atoms with E-state index in [1.165, 1.54) is 24.0 Å². The van der Waals surface area contributed by atoms with Crippen LogP contribution in [0.5, 0.6) is 0 Å². The first-order valence-electron chi connectivity index (χ1n) is 10.8. The molecule has 6 nitrogen and oxygen atoms in total. The number of hydrogen-bond donors (Lipinski definition) is 0. The van der Waals surface area contributed by atoms with Gasteiger partial charge in [0.1, 0.15) is 23.1 Å². The Bertz CT molecular complexity index is 1380. The van der Waals surface area contributed by atoms with E-state index >= 15 is 0 Å². The molecule has 1 unspecified atom stereocenters. The van der Waals surface area contributed by atoms with Crippen molar-refractivity contribution in [2.75, 3.05) is 0 Å². The lowest BCUT2D eigenvalue weighted by molar-refractivity contribution is -0.126. The highest BCUT2D eigenvalue weighted by Crippen LogP contribution is 2.32. The summed E-state index contributed by atoms with van der Waals surface area (Å²) in [5.41, 5.74) is 1.37. The molecule has 4 aromatic rings. The topological polar surface area (TPSA) is 71.3 Å². The second-order valence-electron chi connectivity index (χ2n) is 7.75. The molecule has 0 aliphatic carbocycles. The van der Waals surface area contributed by atoms with Crippen molar-refractivity contribution in [3.63, 3.8) is 0 Å². The predicted molar refractivity (Wildman–Crippen MR) is 135 cm³/mol. The molecule has 3 heterocycles. The van der Waals surface area contributed by atoms with Crippen LogP contribution in [0, 0.1) is 5.82 Å². The van der Waals surface area contributed by atoms with Crippen LogP contribution in [0.2, 0.25) is 5.02 Å². The van der Waals surface area contributed by atoms with Crippen molar-refractivity contribution in [3.05, 3.63) is 107 Å². The van der Waals surface area contributed by atoms with Gasteiger partial charge in [-0.3, -0.25) is 9.69 Å². The Hall–Kier alpha value is -3.62. The zero-order valence-electron chi connectivity index (χ0n) is 18.3. The van der Waals surface area contributed by atoms with Crippen LogP contribution in [0.1, 0.15) is 17.1 Å². The molecule has 0 N–H and O–H groups in total. The Labute approximate surface area is 210 Å². The largest absolute Gasteiger partial charge is 0.467 e. The zero-order valence-corrected chi connectivity index (χ0v) is 19.9. The molecule has 1 atom stereocenters. The molecule has 9 heteroatoms. The average Bonchev–Trinajstić information content (AvgIpc) is 3.60. The van der Waals surface area contributed by atoms with Crippen molar-refractivity contribution >= 4 is 40.7 Å². The van der Waals surface area contributed by atoms with Crippen LogP contribution >= 0.6 is 23.4 Å². The van der Waals surface area contributed by atoms with E-state index in [2.05, 4.69) is 10.2 Å². The van der Waals surface area contributed by atoms with Crippen molar-refractivity contribution in [2.24, 2.45) is 10.2 Å². The summed E-state index contributed by atoms with van der Waals surface area (Å²) < 4.78 is 25.1. The van der Waals surface area contributed by atoms with Gasteiger partial charge in [-0.2, -0.15) is 5.10 Å². The minimum absolute atomic E-state index is 0.0739. The fourth-order valence-electron chi connectivity index (χ4n) is 3.62. The van der Waals surface area contributed by atoms with Crippen LogP contribution in [0.25, 0.3) is 11.3 Å². The summed E-state index contributed by atoms with van der Waals surface area (Å²) >= 11 is 7.33. The molecule has 0 radical (unpaired) electrons. The summed E-state index contributed by atoms with van der Waals surface area (Å²) in [7, 11) is 0. The number of nitrogens with zero attached hydrogens (tertiary/aromatic N) is 3. The number of benzene rings is 2. The van der Waals surface area contributed by atoms with Crippen LogP contribution in [0.15, 0.2) is 98.1 Å². The first-order valence-corrected chi connectivity index (χ1v) is 12.0. The molecule has 1 aliphatic heterocycles. The minimum Gasteiger partial charge on any atom is -0.467 e. The third-order valence-corrected chi connectivity index (χ3v) is 6.76. The van der Waals surface area contributed by atoms with Gasteiger partial charge in [-0.15, -0.1) is 5.10 Å². The monoisotopic (exact) mass is 507 g/mol. The van der Waals surface area contributed by atoms with Gasteiger partial charge in [0.2, 0.25) is 5.91 Å². The van der Waals surface area contributed by atoms with Crippen molar-refractivity contribution in [2.45, 2.75) is 18.2 Å². The summed E-state index contributed by atoms with van der Waals surface area (Å²) in [5, 5.41) is 9.18. The highest BCUT2D eigenvalue weighted by molar-refractivity contribution is 8.15. The molecule has 1 aliphatic rings. The minimum atomic E-state index is -0.369. The van der Waals surface area contributed by atoms with Gasteiger partial charge in [-0.1, -0.05) is 47.6 Å². The number of thioether (sulfide) groups is 1. The molecule has 0 saturated carbocycles. The second-order valence-corrected chi connectivity index (χ2v) is 9.36. The predicted octanol–water partition coefficient (Wildman–Crippen LogP) is 6.41. The highest BCUT2D eigenvalue weighted by Gasteiger charge is 2.38. The summed E-state index contributed by atoms with van der Waals surface area (Å²) in [6.45, 7) is 0.252. The number of amidine groups is 1. The first kappa shape index (κ1) is 23.1. The maximum Gasteiger partial charge on any atom is 0.242 e. The van der Waals surface area contributed by atoms with E-state index in [9.17, 15) is 9.18 Å². The molecule has 35 heavy (non-hydrogen) atoms. The normalized spacial score (nSPS) is 17.2. The molecular weight excluding hydrogens is 489 g/mol. The number of carbonyl (C=O) groups is 1. The lowest BCUT2D eigenvalue weighted by Crippen LogP contribution is -2.32. The molecule has 0 spiro atoms. The van der Waals surface area contributed by atoms with Gasteiger partial charge in [-0.05, 0) is 60.5 Å². The molecule has 1 fully saturated rings. The molecule has 2 aromatic heterocycles. The van der Waals surface area contributed by atoms with E-state index < -0.39 is 0 Å². The average molecular weight is 508 g/mol. The molecule has 5 rings (SSSR count). The summed E-state index contributed by atoms with van der Waals surface area (Å²) in [5.74, 6) is 1.01. The number of amides is 1. The Morgan fingerprint density at radius 3 is 2.66 bits per heavy atom.